The number of aryl methyl sites for hydroxylation is 1. The van der Waals surface area contributed by atoms with E-state index in [1.807, 2.05) is 20.0 Å². The molecule has 0 atom stereocenters. The number of pyridine rings is 1. The molecule has 0 bridgehead atoms. The minimum absolute atomic E-state index is 0.240. The number of methoxy groups -OCH3 is 1. The number of nitrogens with zero attached hydrogens (tertiary/aromatic N) is 2. The van der Waals surface area contributed by atoms with Gasteiger partial charge in [0.2, 0.25) is 0 Å². The van der Waals surface area contributed by atoms with Crippen LogP contribution in [0, 0.1) is 6.92 Å². The third-order valence-corrected chi connectivity index (χ3v) is 4.38. The number of benzene rings is 1. The maximum Gasteiger partial charge on any atom is 0.257 e. The van der Waals surface area contributed by atoms with Crippen LogP contribution in [-0.4, -0.2) is 31.6 Å². The van der Waals surface area contributed by atoms with Crippen LogP contribution < -0.4 is 15.0 Å². The number of unbranched alkanes of at least 4 members (excludes halogenated alkanes) is 1. The molecular formula is C19H24ClN3O2. The lowest BCUT2D eigenvalue weighted by Crippen LogP contribution is -2.20. The molecule has 0 saturated heterocycles. The van der Waals surface area contributed by atoms with Crippen molar-refractivity contribution in [3.8, 4) is 5.75 Å². The van der Waals surface area contributed by atoms with Gasteiger partial charge < -0.3 is 15.0 Å². The second-order valence-electron chi connectivity index (χ2n) is 5.94. The van der Waals surface area contributed by atoms with E-state index < -0.39 is 0 Å². The molecule has 0 saturated carbocycles. The highest BCUT2D eigenvalue weighted by Crippen LogP contribution is 2.31. The lowest BCUT2D eigenvalue weighted by Gasteiger charge is -2.17. The maximum absolute atomic E-state index is 12.5. The fraction of sp³-hybridized carbons (Fsp3) is 0.368. The first-order valence-corrected chi connectivity index (χ1v) is 8.66. The van der Waals surface area contributed by atoms with E-state index in [0.29, 0.717) is 22.0 Å². The van der Waals surface area contributed by atoms with E-state index in [4.69, 9.17) is 16.3 Å². The van der Waals surface area contributed by atoms with Gasteiger partial charge in [-0.15, -0.1) is 0 Å². The minimum Gasteiger partial charge on any atom is -0.495 e. The number of hydrogen-bond donors (Lipinski definition) is 1. The standard InChI is InChI=1S/C19H24ClN3O2/c1-5-6-9-23(3)18-8-7-14(12-21-18)19(24)22-16-10-13(2)15(20)11-17(16)25-4/h7-8,10-12H,5-6,9H2,1-4H3,(H,22,24). The average molecular weight is 362 g/mol. The molecule has 134 valence electrons. The Bertz CT molecular complexity index is 732. The molecule has 5 nitrogen and oxygen atoms in total. The zero-order chi connectivity index (χ0) is 18.4. The molecule has 1 amide bonds. The molecule has 0 unspecified atom stereocenters. The summed E-state index contributed by atoms with van der Waals surface area (Å²) in [5, 5.41) is 3.45. The summed E-state index contributed by atoms with van der Waals surface area (Å²) in [5.74, 6) is 1.13. The Morgan fingerprint density at radius 2 is 2.12 bits per heavy atom. The van der Waals surface area contributed by atoms with Gasteiger partial charge in [0.15, 0.2) is 0 Å². The van der Waals surface area contributed by atoms with Gasteiger partial charge >= 0.3 is 0 Å². The van der Waals surface area contributed by atoms with Crippen molar-refractivity contribution in [2.24, 2.45) is 0 Å². The quantitative estimate of drug-likeness (QED) is 0.786. The Hall–Kier alpha value is -2.27. The van der Waals surface area contributed by atoms with Crippen LogP contribution in [0.1, 0.15) is 35.7 Å². The summed E-state index contributed by atoms with van der Waals surface area (Å²) in [6.45, 7) is 4.97. The van der Waals surface area contributed by atoms with Crippen LogP contribution >= 0.6 is 11.6 Å². The van der Waals surface area contributed by atoms with Gasteiger partial charge in [0.05, 0.1) is 18.4 Å². The molecule has 2 rings (SSSR count). The number of carbonyl (C=O) groups excluding carboxylic acids is 1. The molecular weight excluding hydrogens is 338 g/mol. The number of nitrogens with one attached hydrogen (secondary N) is 1. The van der Waals surface area contributed by atoms with Crippen molar-refractivity contribution in [1.82, 2.24) is 4.98 Å². The van der Waals surface area contributed by atoms with Crippen molar-refractivity contribution in [2.45, 2.75) is 26.7 Å². The van der Waals surface area contributed by atoms with E-state index in [1.54, 1.807) is 31.5 Å². The first-order valence-electron chi connectivity index (χ1n) is 8.29. The Morgan fingerprint density at radius 1 is 1.36 bits per heavy atom. The van der Waals surface area contributed by atoms with Gasteiger partial charge in [-0.05, 0) is 37.1 Å². The highest BCUT2D eigenvalue weighted by atomic mass is 35.5. The van der Waals surface area contributed by atoms with Crippen molar-refractivity contribution >= 4 is 29.0 Å². The predicted molar refractivity (Wildman–Crippen MR) is 103 cm³/mol. The lowest BCUT2D eigenvalue weighted by molar-refractivity contribution is 0.102. The SMILES string of the molecule is CCCCN(C)c1ccc(C(=O)Nc2cc(C)c(Cl)cc2OC)cn1. The molecule has 0 radical (unpaired) electrons. The second kappa shape index (κ2) is 8.72. The first-order chi connectivity index (χ1) is 12.0. The van der Waals surface area contributed by atoms with E-state index >= 15 is 0 Å². The number of ether oxygens (including phenoxy) is 1. The molecule has 0 aliphatic carbocycles. The normalized spacial score (nSPS) is 10.4. The van der Waals surface area contributed by atoms with Crippen molar-refractivity contribution in [1.29, 1.82) is 0 Å². The molecule has 0 aliphatic heterocycles. The fourth-order valence-corrected chi connectivity index (χ4v) is 2.53. The van der Waals surface area contributed by atoms with E-state index in [2.05, 4.69) is 22.1 Å². The van der Waals surface area contributed by atoms with Gasteiger partial charge in [-0.3, -0.25) is 4.79 Å². The van der Waals surface area contributed by atoms with Crippen LogP contribution in [-0.2, 0) is 0 Å². The molecule has 25 heavy (non-hydrogen) atoms. The van der Waals surface area contributed by atoms with Gasteiger partial charge in [-0.2, -0.15) is 0 Å². The van der Waals surface area contributed by atoms with Crippen molar-refractivity contribution in [3.05, 3.63) is 46.6 Å². The molecule has 0 fully saturated rings. The van der Waals surface area contributed by atoms with E-state index in [9.17, 15) is 4.79 Å². The van der Waals surface area contributed by atoms with Gasteiger partial charge in [-0.1, -0.05) is 24.9 Å². The highest BCUT2D eigenvalue weighted by molar-refractivity contribution is 6.31. The Morgan fingerprint density at radius 3 is 2.72 bits per heavy atom. The van der Waals surface area contributed by atoms with Crippen LogP contribution in [0.2, 0.25) is 5.02 Å². The topological polar surface area (TPSA) is 54.5 Å². The Kier molecular flexibility index (Phi) is 6.65. The van der Waals surface area contributed by atoms with Crippen molar-refractivity contribution < 1.29 is 9.53 Å². The summed E-state index contributed by atoms with van der Waals surface area (Å²) >= 11 is 6.09. The second-order valence-corrected chi connectivity index (χ2v) is 6.34. The third kappa shape index (κ3) is 4.86. The molecule has 6 heteroatoms. The Balaban J connectivity index is 2.12. The largest absolute Gasteiger partial charge is 0.495 e. The summed E-state index contributed by atoms with van der Waals surface area (Å²) in [6, 6.07) is 7.11. The number of amides is 1. The number of rotatable bonds is 7. The van der Waals surface area contributed by atoms with Crippen LogP contribution in [0.4, 0.5) is 11.5 Å². The summed E-state index contributed by atoms with van der Waals surface area (Å²) in [5.41, 5.74) is 1.93. The number of carbonyl (C=O) groups is 1. The van der Waals surface area contributed by atoms with Gasteiger partial charge in [0.1, 0.15) is 11.6 Å². The minimum atomic E-state index is -0.240. The van der Waals surface area contributed by atoms with Crippen LogP contribution in [0.25, 0.3) is 0 Å². The summed E-state index contributed by atoms with van der Waals surface area (Å²) < 4.78 is 5.28. The molecule has 1 N–H and O–H groups in total. The third-order valence-electron chi connectivity index (χ3n) is 3.98. The zero-order valence-corrected chi connectivity index (χ0v) is 15.9. The van der Waals surface area contributed by atoms with Gasteiger partial charge in [0, 0.05) is 30.9 Å². The summed E-state index contributed by atoms with van der Waals surface area (Å²) in [7, 11) is 3.54. The fourth-order valence-electron chi connectivity index (χ4n) is 2.38. The van der Waals surface area contributed by atoms with Crippen LogP contribution in [0.3, 0.4) is 0 Å². The van der Waals surface area contributed by atoms with Crippen LogP contribution in [0.15, 0.2) is 30.5 Å². The number of anilines is 2. The number of hydrogen-bond acceptors (Lipinski definition) is 4. The van der Waals surface area contributed by atoms with Gasteiger partial charge in [-0.25, -0.2) is 4.98 Å². The van der Waals surface area contributed by atoms with Crippen LogP contribution in [0.5, 0.6) is 5.75 Å². The Labute approximate surface area is 154 Å². The molecule has 1 aromatic carbocycles. The van der Waals surface area contributed by atoms with Gasteiger partial charge in [0.25, 0.3) is 5.91 Å². The molecule has 1 aromatic heterocycles. The lowest BCUT2D eigenvalue weighted by atomic mass is 10.2. The van der Waals surface area contributed by atoms with Crippen molar-refractivity contribution in [3.63, 3.8) is 0 Å². The highest BCUT2D eigenvalue weighted by Gasteiger charge is 2.13. The van der Waals surface area contributed by atoms with Crippen molar-refractivity contribution in [2.75, 3.05) is 30.9 Å². The predicted octanol–water partition coefficient (Wildman–Crippen LogP) is 4.54. The maximum atomic E-state index is 12.5. The van der Waals surface area contributed by atoms with E-state index in [1.165, 1.54) is 0 Å². The number of halogens is 1. The average Bonchev–Trinajstić information content (AvgIpc) is 2.62. The monoisotopic (exact) mass is 361 g/mol. The molecule has 0 spiro atoms. The van der Waals surface area contributed by atoms with E-state index in [-0.39, 0.29) is 5.91 Å². The summed E-state index contributed by atoms with van der Waals surface area (Å²) in [4.78, 5) is 18.9. The molecule has 1 heterocycles. The molecule has 2 aromatic rings. The number of aromatic nitrogens is 1. The van der Waals surface area contributed by atoms with E-state index in [0.717, 1.165) is 30.8 Å². The first kappa shape index (κ1) is 19.1. The zero-order valence-electron chi connectivity index (χ0n) is 15.1. The summed E-state index contributed by atoms with van der Waals surface area (Å²) in [6.07, 6.45) is 3.83. The molecule has 0 aliphatic rings. The smallest absolute Gasteiger partial charge is 0.257 e.